The van der Waals surface area contributed by atoms with Gasteiger partial charge in [-0.1, -0.05) is 44.7 Å². The van der Waals surface area contributed by atoms with Crippen LogP contribution in [0.2, 0.25) is 5.02 Å². The number of rotatable bonds is 11. The Morgan fingerprint density at radius 3 is 2.23 bits per heavy atom. The number of amides is 3. The lowest BCUT2D eigenvalue weighted by Gasteiger charge is -2.35. The Morgan fingerprint density at radius 2 is 1.62 bits per heavy atom. The van der Waals surface area contributed by atoms with Crippen LogP contribution in [0.15, 0.2) is 36.4 Å². The number of ether oxygens (including phenoxy) is 1. The molecule has 0 aromatic heterocycles. The number of carbonyl (C=O) groups excluding carboxylic acids is 2. The Morgan fingerprint density at radius 1 is 0.975 bits per heavy atom. The maximum Gasteiger partial charge on any atom is 0.323 e. The van der Waals surface area contributed by atoms with E-state index < -0.39 is 38.3 Å². The standard InChI is InChI=1S/C28H36ClFN4O5S/c1-16(2)25(17-6-4-3-5-7-17)32-23-13-9-19(39-27(26(31)35)40(37,38)20-10-11-20)15-24(23)34-28(36)33-22-12-8-18(29)14-21(22)30/h8-9,12-17,20,25,27,32H,3-7,10-11H2,1-2H3,(H2,31,35)(H2,33,34,36). The summed E-state index contributed by atoms with van der Waals surface area (Å²) >= 11 is 5.81. The van der Waals surface area contributed by atoms with Crippen LogP contribution in [0, 0.1) is 17.7 Å². The van der Waals surface area contributed by atoms with Gasteiger partial charge in [0.2, 0.25) is 0 Å². The zero-order valence-electron chi connectivity index (χ0n) is 22.6. The fraction of sp³-hybridized carbons (Fsp3) is 0.500. The van der Waals surface area contributed by atoms with Gasteiger partial charge in [0.05, 0.1) is 22.3 Å². The largest absolute Gasteiger partial charge is 0.464 e. The van der Waals surface area contributed by atoms with Crippen LogP contribution in [0.3, 0.4) is 0 Å². The van der Waals surface area contributed by atoms with Crippen LogP contribution < -0.4 is 26.4 Å². The van der Waals surface area contributed by atoms with Gasteiger partial charge in [-0.3, -0.25) is 4.79 Å². The van der Waals surface area contributed by atoms with Crippen LogP contribution in [0.5, 0.6) is 5.75 Å². The third kappa shape index (κ3) is 7.37. The van der Waals surface area contributed by atoms with E-state index in [1.54, 1.807) is 6.07 Å². The van der Waals surface area contributed by atoms with E-state index in [1.807, 2.05) is 0 Å². The minimum atomic E-state index is -3.93. The molecule has 2 aromatic carbocycles. The second-order valence-corrected chi connectivity index (χ2v) is 13.6. The topological polar surface area (TPSA) is 140 Å². The van der Waals surface area contributed by atoms with Crippen molar-refractivity contribution in [2.75, 3.05) is 16.0 Å². The minimum absolute atomic E-state index is 0.0327. The van der Waals surface area contributed by atoms with Crippen LogP contribution >= 0.6 is 11.6 Å². The molecule has 2 aliphatic carbocycles. The molecule has 40 heavy (non-hydrogen) atoms. The van der Waals surface area contributed by atoms with E-state index >= 15 is 0 Å². The van der Waals surface area contributed by atoms with Crippen molar-refractivity contribution >= 4 is 50.4 Å². The molecular weight excluding hydrogens is 559 g/mol. The van der Waals surface area contributed by atoms with E-state index in [0.29, 0.717) is 24.4 Å². The van der Waals surface area contributed by atoms with Crippen molar-refractivity contribution in [2.24, 2.45) is 17.6 Å². The summed E-state index contributed by atoms with van der Waals surface area (Å²) in [6, 6.07) is 7.86. The molecule has 2 atom stereocenters. The molecule has 0 bridgehead atoms. The first-order valence-corrected chi connectivity index (χ1v) is 15.6. The maximum atomic E-state index is 14.3. The van der Waals surface area contributed by atoms with Gasteiger partial charge in [-0.15, -0.1) is 0 Å². The lowest BCUT2D eigenvalue weighted by molar-refractivity contribution is -0.121. The third-order valence-corrected chi connectivity index (χ3v) is 9.94. The first-order valence-electron chi connectivity index (χ1n) is 13.6. The Kier molecular flexibility index (Phi) is 9.45. The van der Waals surface area contributed by atoms with Gasteiger partial charge in [-0.05, 0) is 67.9 Å². The lowest BCUT2D eigenvalue weighted by atomic mass is 9.79. The molecule has 0 aliphatic heterocycles. The number of urea groups is 1. The number of nitrogens with two attached hydrogens (primary N) is 1. The van der Waals surface area contributed by atoms with Crippen LogP contribution in [0.1, 0.15) is 58.8 Å². The Hall–Kier alpha value is -3.05. The minimum Gasteiger partial charge on any atom is -0.464 e. The number of hydrogen-bond acceptors (Lipinski definition) is 6. The molecular formula is C28H36ClFN4O5S. The summed E-state index contributed by atoms with van der Waals surface area (Å²) in [6.07, 6.45) is 6.62. The predicted octanol–water partition coefficient (Wildman–Crippen LogP) is 5.91. The molecule has 12 heteroatoms. The van der Waals surface area contributed by atoms with Gasteiger partial charge in [0, 0.05) is 17.1 Å². The maximum absolute atomic E-state index is 14.3. The molecule has 5 N–H and O–H groups in total. The molecule has 218 valence electrons. The number of carbonyl (C=O) groups is 2. The average Bonchev–Trinajstić information content (AvgIpc) is 3.75. The summed E-state index contributed by atoms with van der Waals surface area (Å²) in [5.74, 6) is -1.06. The van der Waals surface area contributed by atoms with E-state index in [2.05, 4.69) is 29.8 Å². The van der Waals surface area contributed by atoms with Gasteiger partial charge in [0.1, 0.15) is 11.6 Å². The van der Waals surface area contributed by atoms with Gasteiger partial charge in [-0.25, -0.2) is 17.6 Å². The van der Waals surface area contributed by atoms with Gasteiger partial charge >= 0.3 is 6.03 Å². The molecule has 2 saturated carbocycles. The quantitative estimate of drug-likeness (QED) is 0.255. The smallest absolute Gasteiger partial charge is 0.323 e. The van der Waals surface area contributed by atoms with Crippen LogP contribution in [0.25, 0.3) is 0 Å². The van der Waals surface area contributed by atoms with Crippen molar-refractivity contribution in [3.63, 3.8) is 0 Å². The summed E-state index contributed by atoms with van der Waals surface area (Å²) in [7, 11) is -3.93. The normalized spacial score (nSPS) is 17.6. The fourth-order valence-electron chi connectivity index (χ4n) is 5.18. The van der Waals surface area contributed by atoms with Crippen molar-refractivity contribution in [1.82, 2.24) is 0 Å². The van der Waals surface area contributed by atoms with E-state index in [9.17, 15) is 22.4 Å². The molecule has 3 amide bonds. The number of nitrogens with one attached hydrogen (secondary N) is 3. The third-order valence-electron chi connectivity index (χ3n) is 7.38. The van der Waals surface area contributed by atoms with Crippen molar-refractivity contribution in [3.8, 4) is 5.75 Å². The number of primary amides is 1. The predicted molar refractivity (Wildman–Crippen MR) is 155 cm³/mol. The molecule has 2 fully saturated rings. The second-order valence-electron chi connectivity index (χ2n) is 10.9. The summed E-state index contributed by atoms with van der Waals surface area (Å²) in [5.41, 5.74) is 4.31. The van der Waals surface area contributed by atoms with Crippen LogP contribution in [0.4, 0.5) is 26.2 Å². The molecule has 2 aliphatic rings. The van der Waals surface area contributed by atoms with E-state index in [4.69, 9.17) is 22.1 Å². The lowest BCUT2D eigenvalue weighted by Crippen LogP contribution is -2.42. The van der Waals surface area contributed by atoms with Gasteiger partial charge in [0.25, 0.3) is 11.3 Å². The molecule has 0 heterocycles. The molecule has 2 unspecified atom stereocenters. The molecule has 0 radical (unpaired) electrons. The Labute approximate surface area is 239 Å². The molecule has 0 spiro atoms. The first-order chi connectivity index (χ1) is 19.0. The number of benzene rings is 2. The summed E-state index contributed by atoms with van der Waals surface area (Å²) in [4.78, 5) is 25.0. The number of hydrogen-bond donors (Lipinski definition) is 4. The molecule has 9 nitrogen and oxygen atoms in total. The highest BCUT2D eigenvalue weighted by atomic mass is 35.5. The summed E-state index contributed by atoms with van der Waals surface area (Å²) < 4.78 is 45.4. The fourth-order valence-corrected chi connectivity index (χ4v) is 7.05. The average molecular weight is 595 g/mol. The van der Waals surface area contributed by atoms with E-state index in [-0.39, 0.29) is 34.1 Å². The van der Waals surface area contributed by atoms with Gasteiger partial charge in [-0.2, -0.15) is 0 Å². The van der Waals surface area contributed by atoms with Crippen LogP contribution in [-0.4, -0.2) is 37.1 Å². The zero-order valence-corrected chi connectivity index (χ0v) is 24.2. The van der Waals surface area contributed by atoms with Crippen molar-refractivity contribution in [1.29, 1.82) is 0 Å². The Balaban J connectivity index is 1.62. The second kappa shape index (κ2) is 12.6. The number of anilines is 3. The highest BCUT2D eigenvalue weighted by molar-refractivity contribution is 7.93. The SMILES string of the molecule is CC(C)C(Nc1ccc(OC(C(N)=O)S(=O)(=O)C2CC2)cc1NC(=O)Nc1ccc(Cl)cc1F)C1CCCCC1. The highest BCUT2D eigenvalue weighted by Crippen LogP contribution is 2.36. The van der Waals surface area contributed by atoms with Crippen molar-refractivity contribution < 1.29 is 27.1 Å². The first kappa shape index (κ1) is 29.9. The van der Waals surface area contributed by atoms with Crippen LogP contribution in [-0.2, 0) is 14.6 Å². The van der Waals surface area contributed by atoms with Crippen molar-refractivity contribution in [2.45, 2.75) is 75.5 Å². The summed E-state index contributed by atoms with van der Waals surface area (Å²) in [5, 5.41) is 8.26. The van der Waals surface area contributed by atoms with Crippen molar-refractivity contribution in [3.05, 3.63) is 47.2 Å². The van der Waals surface area contributed by atoms with E-state index in [0.717, 1.165) is 31.7 Å². The number of halogens is 2. The molecule has 0 saturated heterocycles. The Bertz CT molecular complexity index is 1350. The number of sulfone groups is 1. The summed E-state index contributed by atoms with van der Waals surface area (Å²) in [6.45, 7) is 4.26. The monoisotopic (exact) mass is 594 g/mol. The zero-order chi connectivity index (χ0) is 29.0. The molecule has 4 rings (SSSR count). The highest BCUT2D eigenvalue weighted by Gasteiger charge is 2.45. The molecule has 2 aromatic rings. The van der Waals surface area contributed by atoms with Gasteiger partial charge < -0.3 is 26.4 Å². The van der Waals surface area contributed by atoms with Gasteiger partial charge in [0.15, 0.2) is 9.84 Å². The van der Waals surface area contributed by atoms with E-state index in [1.165, 1.54) is 30.7 Å².